The van der Waals surface area contributed by atoms with Gasteiger partial charge in [-0.2, -0.15) is 0 Å². The lowest BCUT2D eigenvalue weighted by Crippen LogP contribution is -1.99. The quantitative estimate of drug-likeness (QED) is 0.773. The Balaban J connectivity index is 2.01. The Morgan fingerprint density at radius 3 is 2.50 bits per heavy atom. The second-order valence-electron chi connectivity index (χ2n) is 5.59. The minimum atomic E-state index is 0.198. The molecule has 0 fully saturated rings. The standard InChI is InChI=1S/C18H21N3O/c1-3-5-6-14-7-9-15-16(11-14)20-21(19-15)17-12-13(4-2)8-10-18(17)22/h7-12,22H,3-6H2,1-2H3. The summed E-state index contributed by atoms with van der Waals surface area (Å²) >= 11 is 0. The Hall–Kier alpha value is -2.36. The summed E-state index contributed by atoms with van der Waals surface area (Å²) in [6.07, 6.45) is 4.34. The molecule has 0 saturated carbocycles. The number of hydrogen-bond donors (Lipinski definition) is 1. The summed E-state index contributed by atoms with van der Waals surface area (Å²) in [5, 5.41) is 19.1. The van der Waals surface area contributed by atoms with Gasteiger partial charge >= 0.3 is 0 Å². The molecule has 1 N–H and O–H groups in total. The van der Waals surface area contributed by atoms with Crippen molar-refractivity contribution in [1.29, 1.82) is 0 Å². The smallest absolute Gasteiger partial charge is 0.143 e. The molecule has 114 valence electrons. The van der Waals surface area contributed by atoms with Crippen LogP contribution in [0, 0.1) is 0 Å². The van der Waals surface area contributed by atoms with E-state index in [2.05, 4.69) is 36.2 Å². The van der Waals surface area contributed by atoms with Crippen molar-refractivity contribution in [1.82, 2.24) is 15.0 Å². The normalized spacial score (nSPS) is 11.2. The van der Waals surface area contributed by atoms with Crippen LogP contribution in [0.25, 0.3) is 16.7 Å². The number of unbranched alkanes of at least 4 members (excludes halogenated alkanes) is 1. The SMILES string of the molecule is CCCCc1ccc2nn(-c3cc(CC)ccc3O)nc2c1. The van der Waals surface area contributed by atoms with Crippen LogP contribution in [0.3, 0.4) is 0 Å². The molecule has 2 aromatic carbocycles. The molecule has 22 heavy (non-hydrogen) atoms. The van der Waals surface area contributed by atoms with Crippen LogP contribution >= 0.6 is 0 Å². The number of benzene rings is 2. The van der Waals surface area contributed by atoms with Crippen molar-refractivity contribution in [2.24, 2.45) is 0 Å². The number of aromatic hydroxyl groups is 1. The number of hydrogen-bond acceptors (Lipinski definition) is 3. The van der Waals surface area contributed by atoms with Crippen molar-refractivity contribution in [3.8, 4) is 11.4 Å². The highest BCUT2D eigenvalue weighted by Gasteiger charge is 2.10. The number of phenols is 1. The molecular weight excluding hydrogens is 274 g/mol. The summed E-state index contributed by atoms with van der Waals surface area (Å²) in [6.45, 7) is 4.28. The van der Waals surface area contributed by atoms with Crippen molar-refractivity contribution >= 4 is 11.0 Å². The number of phenolic OH excluding ortho intramolecular Hbond substituents is 1. The zero-order chi connectivity index (χ0) is 15.5. The predicted octanol–water partition coefficient (Wildman–Crippen LogP) is 4.03. The third-order valence-electron chi connectivity index (χ3n) is 3.93. The lowest BCUT2D eigenvalue weighted by atomic mass is 10.1. The van der Waals surface area contributed by atoms with Gasteiger partial charge in [-0.3, -0.25) is 0 Å². The van der Waals surface area contributed by atoms with E-state index in [1.54, 1.807) is 6.07 Å². The first-order valence-corrected chi connectivity index (χ1v) is 7.89. The van der Waals surface area contributed by atoms with Crippen LogP contribution in [0.2, 0.25) is 0 Å². The van der Waals surface area contributed by atoms with Gasteiger partial charge in [-0.15, -0.1) is 15.0 Å². The second-order valence-corrected chi connectivity index (χ2v) is 5.59. The summed E-state index contributed by atoms with van der Waals surface area (Å²) in [5.74, 6) is 0.198. The van der Waals surface area contributed by atoms with E-state index in [9.17, 15) is 5.11 Å². The van der Waals surface area contributed by atoms with Crippen LogP contribution in [-0.2, 0) is 12.8 Å². The molecule has 0 spiro atoms. The van der Waals surface area contributed by atoms with E-state index in [1.165, 1.54) is 23.2 Å². The van der Waals surface area contributed by atoms with Crippen molar-refractivity contribution < 1.29 is 5.11 Å². The average Bonchev–Trinajstić information content (AvgIpc) is 2.96. The lowest BCUT2D eigenvalue weighted by Gasteiger charge is -2.04. The Morgan fingerprint density at radius 2 is 1.73 bits per heavy atom. The average molecular weight is 295 g/mol. The monoisotopic (exact) mass is 295 g/mol. The van der Waals surface area contributed by atoms with Crippen LogP contribution in [0.5, 0.6) is 5.75 Å². The molecule has 0 amide bonds. The molecule has 4 nitrogen and oxygen atoms in total. The van der Waals surface area contributed by atoms with Crippen molar-refractivity contribution in [3.05, 3.63) is 47.5 Å². The van der Waals surface area contributed by atoms with Gasteiger partial charge in [0.05, 0.1) is 0 Å². The highest BCUT2D eigenvalue weighted by molar-refractivity contribution is 5.75. The summed E-state index contributed by atoms with van der Waals surface area (Å²) in [4.78, 5) is 1.53. The minimum Gasteiger partial charge on any atom is -0.506 e. The summed E-state index contributed by atoms with van der Waals surface area (Å²) in [6, 6.07) is 11.8. The zero-order valence-electron chi connectivity index (χ0n) is 13.1. The molecule has 3 rings (SSSR count). The molecular formula is C18H21N3O. The third kappa shape index (κ3) is 2.82. The molecule has 0 radical (unpaired) electrons. The molecule has 1 aromatic heterocycles. The number of fused-ring (bicyclic) bond motifs is 1. The topological polar surface area (TPSA) is 50.9 Å². The van der Waals surface area contributed by atoms with Crippen molar-refractivity contribution in [2.75, 3.05) is 0 Å². The van der Waals surface area contributed by atoms with Gasteiger partial charge in [-0.05, 0) is 54.7 Å². The van der Waals surface area contributed by atoms with Gasteiger partial charge in [0.1, 0.15) is 22.5 Å². The summed E-state index contributed by atoms with van der Waals surface area (Å²) in [5.41, 5.74) is 4.79. The molecule has 0 saturated heterocycles. The minimum absolute atomic E-state index is 0.198. The van der Waals surface area contributed by atoms with E-state index in [0.717, 1.165) is 29.4 Å². The number of rotatable bonds is 5. The molecule has 0 aliphatic rings. The van der Waals surface area contributed by atoms with E-state index in [0.29, 0.717) is 5.69 Å². The van der Waals surface area contributed by atoms with E-state index < -0.39 is 0 Å². The van der Waals surface area contributed by atoms with Gasteiger partial charge in [0, 0.05) is 0 Å². The van der Waals surface area contributed by atoms with Gasteiger partial charge in [0.2, 0.25) is 0 Å². The van der Waals surface area contributed by atoms with Crippen LogP contribution in [0.4, 0.5) is 0 Å². The molecule has 0 bridgehead atoms. The Morgan fingerprint density at radius 1 is 0.955 bits per heavy atom. The summed E-state index contributed by atoms with van der Waals surface area (Å²) in [7, 11) is 0. The van der Waals surface area contributed by atoms with Crippen LogP contribution in [-0.4, -0.2) is 20.1 Å². The molecule has 0 aliphatic heterocycles. The molecule has 0 unspecified atom stereocenters. The van der Waals surface area contributed by atoms with E-state index >= 15 is 0 Å². The molecule has 3 aromatic rings. The van der Waals surface area contributed by atoms with Gasteiger partial charge in [-0.1, -0.05) is 32.4 Å². The van der Waals surface area contributed by atoms with Gasteiger partial charge in [0.25, 0.3) is 0 Å². The van der Waals surface area contributed by atoms with Gasteiger partial charge < -0.3 is 5.11 Å². The van der Waals surface area contributed by atoms with E-state index in [1.807, 2.05) is 18.2 Å². The first-order valence-electron chi connectivity index (χ1n) is 7.89. The third-order valence-corrected chi connectivity index (χ3v) is 3.93. The van der Waals surface area contributed by atoms with Gasteiger partial charge in [-0.25, -0.2) is 0 Å². The highest BCUT2D eigenvalue weighted by Crippen LogP contribution is 2.23. The fraction of sp³-hybridized carbons (Fsp3) is 0.333. The first kappa shape index (κ1) is 14.6. The lowest BCUT2D eigenvalue weighted by molar-refractivity contribution is 0.467. The largest absolute Gasteiger partial charge is 0.506 e. The number of aryl methyl sites for hydroxylation is 2. The Bertz CT molecular complexity index is 792. The van der Waals surface area contributed by atoms with Gasteiger partial charge in [0.15, 0.2) is 0 Å². The number of nitrogens with zero attached hydrogens (tertiary/aromatic N) is 3. The van der Waals surface area contributed by atoms with Crippen LogP contribution in [0.1, 0.15) is 37.8 Å². The van der Waals surface area contributed by atoms with E-state index in [-0.39, 0.29) is 5.75 Å². The highest BCUT2D eigenvalue weighted by atomic mass is 16.3. The van der Waals surface area contributed by atoms with Crippen molar-refractivity contribution in [2.45, 2.75) is 39.5 Å². The predicted molar refractivity (Wildman–Crippen MR) is 88.5 cm³/mol. The molecule has 4 heteroatoms. The molecule has 0 aliphatic carbocycles. The maximum absolute atomic E-state index is 10.1. The molecule has 1 heterocycles. The number of aromatic nitrogens is 3. The first-order chi connectivity index (χ1) is 10.7. The fourth-order valence-corrected chi connectivity index (χ4v) is 2.55. The second kappa shape index (κ2) is 6.18. The van der Waals surface area contributed by atoms with Crippen LogP contribution in [0.15, 0.2) is 36.4 Å². The Labute approximate surface area is 130 Å². The maximum Gasteiger partial charge on any atom is 0.143 e. The van der Waals surface area contributed by atoms with Crippen LogP contribution < -0.4 is 0 Å². The maximum atomic E-state index is 10.1. The molecule has 0 atom stereocenters. The zero-order valence-corrected chi connectivity index (χ0v) is 13.1. The Kier molecular flexibility index (Phi) is 4.09. The summed E-state index contributed by atoms with van der Waals surface area (Å²) < 4.78 is 0. The van der Waals surface area contributed by atoms with Crippen molar-refractivity contribution in [3.63, 3.8) is 0 Å². The van der Waals surface area contributed by atoms with E-state index in [4.69, 9.17) is 0 Å². The fourth-order valence-electron chi connectivity index (χ4n) is 2.55.